The summed E-state index contributed by atoms with van der Waals surface area (Å²) in [5.74, 6) is 0. The Morgan fingerprint density at radius 1 is 0.792 bits per heavy atom. The van der Waals surface area contributed by atoms with Crippen LogP contribution in [0.25, 0.3) is 0 Å². The third-order valence-electron chi connectivity index (χ3n) is 4.15. The molecule has 2 aliphatic heterocycles. The van der Waals surface area contributed by atoms with Crippen molar-refractivity contribution in [1.82, 2.24) is 13.7 Å². The molecule has 126 valence electrons. The minimum Gasteiger partial charge on any atom is -0.371 e. The highest BCUT2D eigenvalue weighted by Gasteiger charge is 2.29. The van der Waals surface area contributed by atoms with Crippen LogP contribution in [0, 0.1) is 0 Å². The van der Waals surface area contributed by atoms with Crippen molar-refractivity contribution in [3.8, 4) is 0 Å². The van der Waals surface area contributed by atoms with E-state index in [4.69, 9.17) is 9.47 Å². The van der Waals surface area contributed by atoms with Crippen molar-refractivity contribution in [2.75, 3.05) is 13.2 Å². The van der Waals surface area contributed by atoms with Crippen LogP contribution in [0.2, 0.25) is 0 Å². The highest BCUT2D eigenvalue weighted by Crippen LogP contribution is 2.10. The van der Waals surface area contributed by atoms with Gasteiger partial charge in [-0.25, -0.2) is 28.1 Å². The molecule has 2 atom stereocenters. The molecule has 1 aromatic heterocycles. The highest BCUT2D eigenvalue weighted by molar-refractivity contribution is 5.14. The lowest BCUT2D eigenvalue weighted by molar-refractivity contribution is 0.342. The molecule has 8 nitrogen and oxygen atoms in total. The molecule has 2 unspecified atom stereocenters. The van der Waals surface area contributed by atoms with Gasteiger partial charge in [0.25, 0.3) is 0 Å². The first-order chi connectivity index (χ1) is 11.6. The zero-order chi connectivity index (χ0) is 16.7. The summed E-state index contributed by atoms with van der Waals surface area (Å²) in [5.41, 5.74) is -0.978. The molecular formula is C16H17N3O5. The van der Waals surface area contributed by atoms with Gasteiger partial charge >= 0.3 is 17.1 Å². The van der Waals surface area contributed by atoms with Crippen LogP contribution in [0.1, 0.15) is 5.56 Å². The van der Waals surface area contributed by atoms with Gasteiger partial charge in [0.05, 0.1) is 45.1 Å². The van der Waals surface area contributed by atoms with Crippen molar-refractivity contribution in [1.29, 1.82) is 0 Å². The fourth-order valence-corrected chi connectivity index (χ4v) is 2.65. The van der Waals surface area contributed by atoms with Crippen LogP contribution < -0.4 is 17.1 Å². The summed E-state index contributed by atoms with van der Waals surface area (Å²) < 4.78 is 13.5. The van der Waals surface area contributed by atoms with Crippen molar-refractivity contribution in [3.63, 3.8) is 0 Å². The molecule has 8 heteroatoms. The zero-order valence-corrected chi connectivity index (χ0v) is 13.0. The quantitative estimate of drug-likeness (QED) is 0.635. The van der Waals surface area contributed by atoms with Gasteiger partial charge in [0.1, 0.15) is 0 Å². The third-order valence-corrected chi connectivity index (χ3v) is 4.15. The first kappa shape index (κ1) is 15.1. The molecular weight excluding hydrogens is 314 g/mol. The molecule has 2 aliphatic rings. The predicted molar refractivity (Wildman–Crippen MR) is 84.2 cm³/mol. The van der Waals surface area contributed by atoms with E-state index >= 15 is 0 Å². The third kappa shape index (κ3) is 2.98. The molecule has 4 rings (SSSR count). The molecule has 2 fully saturated rings. The largest absolute Gasteiger partial charge is 0.371 e. The molecule has 0 saturated carbocycles. The van der Waals surface area contributed by atoms with Gasteiger partial charge in [-0.2, -0.15) is 0 Å². The highest BCUT2D eigenvalue weighted by atomic mass is 16.6. The van der Waals surface area contributed by atoms with Crippen molar-refractivity contribution in [2.45, 2.75) is 31.8 Å². The summed E-state index contributed by atoms with van der Waals surface area (Å²) in [6.07, 6.45) is -0.271. The average Bonchev–Trinajstić information content (AvgIpc) is 3.49. The maximum atomic E-state index is 12.7. The van der Waals surface area contributed by atoms with Gasteiger partial charge in [-0.1, -0.05) is 30.3 Å². The molecule has 0 radical (unpaired) electrons. The Balaban J connectivity index is 1.82. The summed E-state index contributed by atoms with van der Waals surface area (Å²) in [6.45, 7) is 1.50. The van der Waals surface area contributed by atoms with Crippen molar-refractivity contribution in [2.24, 2.45) is 0 Å². The zero-order valence-electron chi connectivity index (χ0n) is 13.0. The van der Waals surface area contributed by atoms with E-state index in [0.717, 1.165) is 19.3 Å². The molecule has 0 spiro atoms. The lowest BCUT2D eigenvalue weighted by Crippen LogP contribution is -2.55. The lowest BCUT2D eigenvalue weighted by Gasteiger charge is -2.13. The first-order valence-electron chi connectivity index (χ1n) is 7.85. The van der Waals surface area contributed by atoms with Crippen LogP contribution in [-0.2, 0) is 29.1 Å². The molecule has 0 N–H and O–H groups in total. The van der Waals surface area contributed by atoms with Crippen LogP contribution in [0.5, 0.6) is 0 Å². The fourth-order valence-electron chi connectivity index (χ4n) is 2.65. The van der Waals surface area contributed by atoms with Gasteiger partial charge < -0.3 is 9.47 Å². The van der Waals surface area contributed by atoms with E-state index in [-0.39, 0.29) is 31.8 Å². The minimum atomic E-state index is -0.600. The molecule has 0 bridgehead atoms. The summed E-state index contributed by atoms with van der Waals surface area (Å²) in [4.78, 5) is 37.9. The maximum absolute atomic E-state index is 12.7. The van der Waals surface area contributed by atoms with E-state index in [1.54, 1.807) is 0 Å². The fraction of sp³-hybridized carbons (Fsp3) is 0.438. The van der Waals surface area contributed by atoms with Crippen LogP contribution in [0.3, 0.4) is 0 Å². The second-order valence-corrected chi connectivity index (χ2v) is 6.05. The standard InChI is InChI=1S/C16H17N3O5/c20-14-17(6-11-4-2-1-3-5-11)15(21)19(8-13-10-24-13)16(22)18(14)7-12-9-23-12/h1-5,12-13H,6-10H2. The van der Waals surface area contributed by atoms with E-state index in [1.165, 1.54) is 0 Å². The van der Waals surface area contributed by atoms with E-state index < -0.39 is 17.1 Å². The number of benzene rings is 1. The van der Waals surface area contributed by atoms with Crippen molar-refractivity contribution >= 4 is 0 Å². The molecule has 2 saturated heterocycles. The second-order valence-electron chi connectivity index (χ2n) is 6.05. The van der Waals surface area contributed by atoms with Crippen LogP contribution in [-0.4, -0.2) is 39.1 Å². The lowest BCUT2D eigenvalue weighted by atomic mass is 10.2. The Morgan fingerprint density at radius 2 is 1.25 bits per heavy atom. The molecule has 24 heavy (non-hydrogen) atoms. The summed E-state index contributed by atoms with van der Waals surface area (Å²) in [6, 6.07) is 9.20. The minimum absolute atomic E-state index is 0.121. The van der Waals surface area contributed by atoms with E-state index in [9.17, 15) is 14.4 Å². The normalized spacial score (nSPS) is 21.7. The van der Waals surface area contributed by atoms with Gasteiger partial charge in [-0.15, -0.1) is 0 Å². The Kier molecular flexibility index (Phi) is 3.70. The second kappa shape index (κ2) is 5.88. The van der Waals surface area contributed by atoms with E-state index in [0.29, 0.717) is 13.2 Å². The van der Waals surface area contributed by atoms with Crippen LogP contribution >= 0.6 is 0 Å². The SMILES string of the molecule is O=c1n(Cc2ccccc2)c(=O)n(CC2CO2)c(=O)n1CC1CO1. The number of aromatic nitrogens is 3. The summed E-state index contributed by atoms with van der Waals surface area (Å²) >= 11 is 0. The Bertz CT molecular complexity index is 867. The van der Waals surface area contributed by atoms with Gasteiger partial charge in [-0.05, 0) is 5.56 Å². The number of hydrogen-bond acceptors (Lipinski definition) is 5. The Morgan fingerprint density at radius 3 is 1.71 bits per heavy atom. The van der Waals surface area contributed by atoms with Crippen molar-refractivity contribution < 1.29 is 9.47 Å². The van der Waals surface area contributed by atoms with Crippen LogP contribution in [0.15, 0.2) is 44.7 Å². The molecule has 2 aromatic rings. The Labute approximate surface area is 136 Å². The van der Waals surface area contributed by atoms with Crippen molar-refractivity contribution in [3.05, 3.63) is 67.3 Å². The smallest absolute Gasteiger partial charge is 0.336 e. The topological polar surface area (TPSA) is 91.1 Å². The number of rotatable bonds is 6. The van der Waals surface area contributed by atoms with Gasteiger partial charge in [0, 0.05) is 0 Å². The number of hydrogen-bond donors (Lipinski definition) is 0. The number of nitrogens with zero attached hydrogens (tertiary/aromatic N) is 3. The Hall–Kier alpha value is -2.45. The monoisotopic (exact) mass is 331 g/mol. The first-order valence-corrected chi connectivity index (χ1v) is 7.85. The molecule has 1 aromatic carbocycles. The summed E-state index contributed by atoms with van der Waals surface area (Å²) in [5, 5.41) is 0. The van der Waals surface area contributed by atoms with E-state index in [2.05, 4.69) is 0 Å². The molecule has 3 heterocycles. The van der Waals surface area contributed by atoms with Crippen LogP contribution in [0.4, 0.5) is 0 Å². The van der Waals surface area contributed by atoms with Gasteiger partial charge in [0.2, 0.25) is 0 Å². The number of epoxide rings is 2. The summed E-state index contributed by atoms with van der Waals surface area (Å²) in [7, 11) is 0. The molecule has 0 aliphatic carbocycles. The average molecular weight is 331 g/mol. The van der Waals surface area contributed by atoms with Gasteiger partial charge in [-0.3, -0.25) is 0 Å². The number of ether oxygens (including phenoxy) is 2. The van der Waals surface area contributed by atoms with E-state index in [1.807, 2.05) is 30.3 Å². The van der Waals surface area contributed by atoms with Gasteiger partial charge in [0.15, 0.2) is 0 Å². The maximum Gasteiger partial charge on any atom is 0.336 e. The predicted octanol–water partition coefficient (Wildman–Crippen LogP) is -0.982. The molecule has 0 amide bonds.